The van der Waals surface area contributed by atoms with Gasteiger partial charge in [-0.1, -0.05) is 36.5 Å². The Labute approximate surface area is 110 Å². The molecule has 1 N–H and O–H groups in total. The highest BCUT2D eigenvalue weighted by molar-refractivity contribution is 6.01. The molecule has 18 heavy (non-hydrogen) atoms. The van der Waals surface area contributed by atoms with Crippen molar-refractivity contribution < 1.29 is 9.90 Å². The Kier molecular flexibility index (Phi) is 7.97. The lowest BCUT2D eigenvalue weighted by molar-refractivity contribution is -0.120. The summed E-state index contributed by atoms with van der Waals surface area (Å²) < 4.78 is 0. The third-order valence-electron chi connectivity index (χ3n) is 2.76. The van der Waals surface area contributed by atoms with E-state index in [0.29, 0.717) is 5.57 Å². The zero-order valence-corrected chi connectivity index (χ0v) is 12.0. The molecule has 2 unspecified atom stereocenters. The molecule has 0 amide bonds. The number of ketones is 1. The van der Waals surface area contributed by atoms with Gasteiger partial charge >= 0.3 is 0 Å². The minimum absolute atomic E-state index is 0.0446. The third kappa shape index (κ3) is 4.46. The summed E-state index contributed by atoms with van der Waals surface area (Å²) in [6.07, 6.45) is 10.3. The Bertz CT molecular complexity index is 382. The second kappa shape index (κ2) is 8.65. The van der Waals surface area contributed by atoms with Crippen LogP contribution >= 0.6 is 0 Å². The number of carbonyl (C=O) groups is 1. The summed E-state index contributed by atoms with van der Waals surface area (Å²) in [5, 5.41) is 9.88. The fraction of sp³-hybridized carbons (Fsp3) is 0.438. The maximum absolute atomic E-state index is 12.4. The Morgan fingerprint density at radius 1 is 1.00 bits per heavy atom. The van der Waals surface area contributed by atoms with Gasteiger partial charge in [-0.3, -0.25) is 4.79 Å². The van der Waals surface area contributed by atoms with Crippen LogP contribution in [0.2, 0.25) is 0 Å². The average Bonchev–Trinajstić information content (AvgIpc) is 2.34. The fourth-order valence-corrected chi connectivity index (χ4v) is 1.90. The van der Waals surface area contributed by atoms with E-state index in [1.165, 1.54) is 0 Å². The zero-order valence-electron chi connectivity index (χ0n) is 12.0. The van der Waals surface area contributed by atoms with Crippen molar-refractivity contribution in [3.8, 4) is 0 Å². The Morgan fingerprint density at radius 2 is 1.56 bits per heavy atom. The van der Waals surface area contributed by atoms with E-state index in [1.807, 2.05) is 52.0 Å². The van der Waals surface area contributed by atoms with E-state index < -0.39 is 12.0 Å². The molecule has 0 rings (SSSR count). The van der Waals surface area contributed by atoms with Crippen LogP contribution in [0.4, 0.5) is 0 Å². The van der Waals surface area contributed by atoms with Gasteiger partial charge in [-0.2, -0.15) is 0 Å². The van der Waals surface area contributed by atoms with Gasteiger partial charge < -0.3 is 5.11 Å². The van der Waals surface area contributed by atoms with Crippen LogP contribution in [0.1, 0.15) is 34.6 Å². The monoisotopic (exact) mass is 248 g/mol. The molecule has 0 aromatic heterocycles. The van der Waals surface area contributed by atoms with Gasteiger partial charge in [0.1, 0.15) is 0 Å². The normalized spacial score (nSPS) is 17.4. The van der Waals surface area contributed by atoms with E-state index >= 15 is 0 Å². The molecule has 0 aliphatic heterocycles. The van der Waals surface area contributed by atoms with Gasteiger partial charge in [0, 0.05) is 5.57 Å². The number of allylic oxidation sites excluding steroid dienone is 7. The minimum Gasteiger partial charge on any atom is -0.392 e. The van der Waals surface area contributed by atoms with Crippen molar-refractivity contribution in [2.45, 2.75) is 40.7 Å². The molecule has 0 saturated heterocycles. The lowest BCUT2D eigenvalue weighted by atomic mass is 9.85. The molecule has 0 aliphatic rings. The van der Waals surface area contributed by atoms with Gasteiger partial charge in [0.05, 0.1) is 12.0 Å². The number of Topliss-reactive ketones (excluding diaryl/α,β-unsaturated/α-hetero) is 1. The van der Waals surface area contributed by atoms with Crippen LogP contribution in [0, 0.1) is 5.92 Å². The number of rotatable bonds is 6. The molecule has 2 nitrogen and oxygen atoms in total. The van der Waals surface area contributed by atoms with Crippen molar-refractivity contribution in [1.82, 2.24) is 0 Å². The first kappa shape index (κ1) is 16.6. The molecule has 0 fully saturated rings. The van der Waals surface area contributed by atoms with Crippen LogP contribution in [-0.4, -0.2) is 17.0 Å². The summed E-state index contributed by atoms with van der Waals surface area (Å²) in [5.74, 6) is -0.551. The maximum Gasteiger partial charge on any atom is 0.172 e. The van der Waals surface area contributed by atoms with Gasteiger partial charge in [-0.15, -0.1) is 0 Å². The topological polar surface area (TPSA) is 37.3 Å². The van der Waals surface area contributed by atoms with Gasteiger partial charge in [0.15, 0.2) is 5.78 Å². The number of hydrogen-bond donors (Lipinski definition) is 1. The van der Waals surface area contributed by atoms with E-state index in [-0.39, 0.29) is 5.78 Å². The molecule has 0 aliphatic carbocycles. The van der Waals surface area contributed by atoms with Crippen molar-refractivity contribution in [2.75, 3.05) is 0 Å². The van der Waals surface area contributed by atoms with Crippen molar-refractivity contribution in [3.63, 3.8) is 0 Å². The van der Waals surface area contributed by atoms with E-state index in [0.717, 1.165) is 5.57 Å². The lowest BCUT2D eigenvalue weighted by Gasteiger charge is -2.20. The number of aliphatic hydroxyl groups is 1. The highest BCUT2D eigenvalue weighted by Crippen LogP contribution is 2.22. The molecule has 100 valence electrons. The summed E-state index contributed by atoms with van der Waals surface area (Å²) in [5.41, 5.74) is 1.48. The Balaban J connectivity index is 5.44. The van der Waals surface area contributed by atoms with Crippen molar-refractivity contribution >= 4 is 5.78 Å². The maximum atomic E-state index is 12.4. The van der Waals surface area contributed by atoms with Crippen LogP contribution in [-0.2, 0) is 4.79 Å². The minimum atomic E-state index is -0.708. The molecule has 2 heteroatoms. The highest BCUT2D eigenvalue weighted by Gasteiger charge is 2.27. The number of hydrogen-bond acceptors (Lipinski definition) is 2. The quantitative estimate of drug-likeness (QED) is 0.576. The molecule has 0 bridgehead atoms. The summed E-state index contributed by atoms with van der Waals surface area (Å²) >= 11 is 0. The molecule has 0 heterocycles. The van der Waals surface area contributed by atoms with E-state index in [2.05, 4.69) is 0 Å². The lowest BCUT2D eigenvalue weighted by Crippen LogP contribution is -2.28. The molecular formula is C16H24O2. The van der Waals surface area contributed by atoms with Crippen molar-refractivity contribution in [3.05, 3.63) is 47.6 Å². The third-order valence-corrected chi connectivity index (χ3v) is 2.76. The summed E-state index contributed by atoms with van der Waals surface area (Å²) in [6, 6.07) is 0. The van der Waals surface area contributed by atoms with Crippen LogP contribution in [0.25, 0.3) is 0 Å². The predicted molar refractivity (Wildman–Crippen MR) is 77.3 cm³/mol. The summed E-state index contributed by atoms with van der Waals surface area (Å²) in [7, 11) is 0. The first-order valence-electron chi connectivity index (χ1n) is 6.33. The number of aliphatic hydroxyl groups excluding tert-OH is 1. The Morgan fingerprint density at radius 3 is 1.89 bits per heavy atom. The summed E-state index contributed by atoms with van der Waals surface area (Å²) in [6.45, 7) is 9.13. The standard InChI is InChI=1S/C16H24O2/c1-6-10-13(8-3)15(12(5)17)16(18)14(9-4)11-7-2/h6-12,15,17H,1-5H3/b10-6-,11-7-,13-8+,14-9+. The molecular weight excluding hydrogens is 224 g/mol. The molecule has 2 atom stereocenters. The van der Waals surface area contributed by atoms with Crippen LogP contribution in [0.3, 0.4) is 0 Å². The zero-order chi connectivity index (χ0) is 14.1. The molecule has 0 aromatic rings. The second-order valence-corrected chi connectivity index (χ2v) is 4.12. The van der Waals surface area contributed by atoms with Crippen LogP contribution in [0.15, 0.2) is 47.6 Å². The predicted octanol–water partition coefficient (Wildman–Crippen LogP) is 3.60. The molecule has 0 radical (unpaired) electrons. The molecule has 0 spiro atoms. The Hall–Kier alpha value is -1.41. The second-order valence-electron chi connectivity index (χ2n) is 4.12. The SMILES string of the molecule is C/C=C\C(=C/C)C(=O)C(C(/C=C\C)=C/C)C(C)O. The van der Waals surface area contributed by atoms with Crippen molar-refractivity contribution in [1.29, 1.82) is 0 Å². The average molecular weight is 248 g/mol. The fourth-order valence-electron chi connectivity index (χ4n) is 1.90. The largest absolute Gasteiger partial charge is 0.392 e. The first-order chi connectivity index (χ1) is 8.53. The van der Waals surface area contributed by atoms with Gasteiger partial charge in [0.25, 0.3) is 0 Å². The van der Waals surface area contributed by atoms with Gasteiger partial charge in [-0.25, -0.2) is 0 Å². The van der Waals surface area contributed by atoms with Gasteiger partial charge in [0.2, 0.25) is 0 Å². The first-order valence-corrected chi connectivity index (χ1v) is 6.33. The van der Waals surface area contributed by atoms with E-state index in [1.54, 1.807) is 19.1 Å². The highest BCUT2D eigenvalue weighted by atomic mass is 16.3. The van der Waals surface area contributed by atoms with Crippen LogP contribution in [0.5, 0.6) is 0 Å². The summed E-state index contributed by atoms with van der Waals surface area (Å²) in [4.78, 5) is 12.4. The van der Waals surface area contributed by atoms with E-state index in [4.69, 9.17) is 0 Å². The molecule has 0 aromatic carbocycles. The smallest absolute Gasteiger partial charge is 0.172 e. The van der Waals surface area contributed by atoms with E-state index in [9.17, 15) is 9.90 Å². The molecule has 0 saturated carbocycles. The number of carbonyl (C=O) groups excluding carboxylic acids is 1. The van der Waals surface area contributed by atoms with Crippen LogP contribution < -0.4 is 0 Å². The van der Waals surface area contributed by atoms with Gasteiger partial charge in [-0.05, 0) is 40.2 Å². The van der Waals surface area contributed by atoms with Crippen molar-refractivity contribution in [2.24, 2.45) is 5.92 Å².